The quantitative estimate of drug-likeness (QED) is 0.606. The fourth-order valence-electron chi connectivity index (χ4n) is 0.928. The van der Waals surface area contributed by atoms with E-state index in [1.807, 2.05) is 13.1 Å². The van der Waals surface area contributed by atoms with Crippen LogP contribution in [0.4, 0.5) is 0 Å². The predicted molar refractivity (Wildman–Crippen MR) is 40.6 cm³/mol. The van der Waals surface area contributed by atoms with E-state index in [2.05, 4.69) is 29.6 Å². The summed E-state index contributed by atoms with van der Waals surface area (Å²) >= 11 is 0. The number of imidazole rings is 1. The van der Waals surface area contributed by atoms with Crippen molar-refractivity contribution in [3.05, 3.63) is 18.2 Å². The summed E-state index contributed by atoms with van der Waals surface area (Å²) in [6, 6.07) is 0. The van der Waals surface area contributed by atoms with Gasteiger partial charge >= 0.3 is 0 Å². The van der Waals surface area contributed by atoms with Crippen molar-refractivity contribution in [3.63, 3.8) is 0 Å². The van der Waals surface area contributed by atoms with Crippen LogP contribution in [-0.2, 0) is 6.54 Å². The van der Waals surface area contributed by atoms with Crippen molar-refractivity contribution in [2.75, 3.05) is 0 Å². The fourth-order valence-corrected chi connectivity index (χ4v) is 0.928. The molecule has 0 atom stereocenters. The van der Waals surface area contributed by atoms with E-state index in [1.165, 1.54) is 0 Å². The summed E-state index contributed by atoms with van der Waals surface area (Å²) in [5.74, 6) is 1.73. The molecule has 0 saturated carbocycles. The molecule has 0 bridgehead atoms. The summed E-state index contributed by atoms with van der Waals surface area (Å²) in [6.07, 6.45) is 4.71. The van der Waals surface area contributed by atoms with Crippen LogP contribution in [0.15, 0.2) is 6.20 Å². The summed E-state index contributed by atoms with van der Waals surface area (Å²) in [7, 11) is 0. The van der Waals surface area contributed by atoms with Gasteiger partial charge in [0.15, 0.2) is 0 Å². The lowest BCUT2D eigenvalue weighted by Crippen LogP contribution is -2.04. The summed E-state index contributed by atoms with van der Waals surface area (Å²) < 4.78 is 2.12. The first kappa shape index (κ1) is 7.32. The highest BCUT2D eigenvalue weighted by Crippen LogP contribution is 2.00. The van der Waals surface area contributed by atoms with Crippen molar-refractivity contribution >= 4 is 0 Å². The van der Waals surface area contributed by atoms with E-state index in [-0.39, 0.29) is 0 Å². The molecule has 55 valence electrons. The van der Waals surface area contributed by atoms with Crippen LogP contribution in [0.2, 0.25) is 0 Å². The fraction of sp³-hybridized carbons (Fsp3) is 0.625. The zero-order chi connectivity index (χ0) is 7.56. The summed E-state index contributed by atoms with van der Waals surface area (Å²) in [5, 5.41) is 0. The maximum Gasteiger partial charge on any atom is 0.109 e. The normalized spacial score (nSPS) is 10.8. The summed E-state index contributed by atoms with van der Waals surface area (Å²) in [6.45, 7) is 7.43. The lowest BCUT2D eigenvalue weighted by molar-refractivity contribution is 0.514. The third-order valence-electron chi connectivity index (χ3n) is 1.42. The van der Waals surface area contributed by atoms with Crippen molar-refractivity contribution in [1.82, 2.24) is 9.55 Å². The van der Waals surface area contributed by atoms with E-state index in [9.17, 15) is 0 Å². The predicted octanol–water partition coefficient (Wildman–Crippen LogP) is 1.65. The number of aryl methyl sites for hydroxylation is 1. The minimum atomic E-state index is 0.682. The number of rotatable bonds is 2. The van der Waals surface area contributed by atoms with Crippen molar-refractivity contribution in [1.29, 1.82) is 0 Å². The number of hydrogen-bond donors (Lipinski definition) is 0. The molecule has 0 fully saturated rings. The Balaban J connectivity index is 2.65. The van der Waals surface area contributed by atoms with Crippen LogP contribution in [0, 0.1) is 19.0 Å². The topological polar surface area (TPSA) is 17.8 Å². The SMILES string of the molecule is Cc1n[c]cn1CC(C)C. The second-order valence-electron chi connectivity index (χ2n) is 2.96. The van der Waals surface area contributed by atoms with E-state index in [0.717, 1.165) is 12.4 Å². The van der Waals surface area contributed by atoms with Gasteiger partial charge in [-0.3, -0.25) is 0 Å². The molecule has 1 rings (SSSR count). The Morgan fingerprint density at radius 2 is 2.40 bits per heavy atom. The molecular weight excluding hydrogens is 124 g/mol. The first-order chi connectivity index (χ1) is 4.70. The monoisotopic (exact) mass is 137 g/mol. The Kier molecular flexibility index (Phi) is 2.10. The van der Waals surface area contributed by atoms with E-state index >= 15 is 0 Å². The molecule has 0 spiro atoms. The highest BCUT2D eigenvalue weighted by Gasteiger charge is 1.98. The van der Waals surface area contributed by atoms with E-state index in [0.29, 0.717) is 5.92 Å². The molecule has 10 heavy (non-hydrogen) atoms. The molecular formula is C8H13N2. The molecule has 0 unspecified atom stereocenters. The van der Waals surface area contributed by atoms with E-state index in [1.54, 1.807) is 0 Å². The van der Waals surface area contributed by atoms with Gasteiger partial charge < -0.3 is 4.57 Å². The molecule has 0 aliphatic carbocycles. The van der Waals surface area contributed by atoms with Gasteiger partial charge in [-0.15, -0.1) is 0 Å². The van der Waals surface area contributed by atoms with Gasteiger partial charge in [-0.05, 0) is 12.8 Å². The van der Waals surface area contributed by atoms with Crippen LogP contribution in [0.3, 0.4) is 0 Å². The largest absolute Gasteiger partial charge is 0.334 e. The number of hydrogen-bond acceptors (Lipinski definition) is 1. The Bertz CT molecular complexity index is 201. The molecule has 1 aromatic heterocycles. The van der Waals surface area contributed by atoms with Gasteiger partial charge in [-0.1, -0.05) is 13.8 Å². The van der Waals surface area contributed by atoms with Crippen LogP contribution < -0.4 is 0 Å². The maximum atomic E-state index is 4.01. The van der Waals surface area contributed by atoms with Crippen LogP contribution in [0.5, 0.6) is 0 Å². The van der Waals surface area contributed by atoms with E-state index in [4.69, 9.17) is 0 Å². The van der Waals surface area contributed by atoms with Gasteiger partial charge in [-0.25, -0.2) is 4.98 Å². The molecule has 0 aromatic carbocycles. The van der Waals surface area contributed by atoms with Gasteiger partial charge in [0, 0.05) is 12.7 Å². The minimum Gasteiger partial charge on any atom is -0.334 e. The average molecular weight is 137 g/mol. The lowest BCUT2D eigenvalue weighted by Gasteiger charge is -2.06. The highest BCUT2D eigenvalue weighted by molar-refractivity contribution is 4.86. The van der Waals surface area contributed by atoms with Crippen LogP contribution in [0.1, 0.15) is 19.7 Å². The van der Waals surface area contributed by atoms with Crippen molar-refractivity contribution in [3.8, 4) is 0 Å². The third-order valence-corrected chi connectivity index (χ3v) is 1.42. The molecule has 0 saturated heterocycles. The third kappa shape index (κ3) is 1.59. The van der Waals surface area contributed by atoms with Gasteiger partial charge in [0.05, 0.1) is 0 Å². The molecule has 2 nitrogen and oxygen atoms in total. The van der Waals surface area contributed by atoms with Crippen LogP contribution in [-0.4, -0.2) is 9.55 Å². The smallest absolute Gasteiger partial charge is 0.109 e. The van der Waals surface area contributed by atoms with Crippen molar-refractivity contribution in [2.45, 2.75) is 27.3 Å². The molecule has 2 heteroatoms. The first-order valence-corrected chi connectivity index (χ1v) is 3.60. The van der Waals surface area contributed by atoms with Gasteiger partial charge in [0.1, 0.15) is 12.0 Å². The Labute approximate surface area is 61.9 Å². The molecule has 0 aliphatic heterocycles. The number of aromatic nitrogens is 2. The Morgan fingerprint density at radius 1 is 1.70 bits per heavy atom. The van der Waals surface area contributed by atoms with Crippen molar-refractivity contribution < 1.29 is 0 Å². The van der Waals surface area contributed by atoms with Gasteiger partial charge in [-0.2, -0.15) is 0 Å². The zero-order valence-corrected chi connectivity index (χ0v) is 6.76. The second kappa shape index (κ2) is 2.86. The van der Waals surface area contributed by atoms with Crippen LogP contribution in [0.25, 0.3) is 0 Å². The summed E-state index contributed by atoms with van der Waals surface area (Å²) in [5.41, 5.74) is 0. The lowest BCUT2D eigenvalue weighted by atomic mass is 10.2. The molecule has 0 N–H and O–H groups in total. The molecule has 0 aliphatic rings. The van der Waals surface area contributed by atoms with Crippen molar-refractivity contribution in [2.24, 2.45) is 5.92 Å². The molecule has 1 radical (unpaired) electrons. The maximum absolute atomic E-state index is 4.01. The standard InChI is InChI=1S/C8H13N2/c1-7(2)6-10-5-4-9-8(10)3/h5,7H,6H2,1-3H3. The van der Waals surface area contributed by atoms with Crippen LogP contribution >= 0.6 is 0 Å². The Morgan fingerprint density at radius 3 is 2.80 bits per heavy atom. The molecule has 1 aromatic rings. The van der Waals surface area contributed by atoms with E-state index < -0.39 is 0 Å². The first-order valence-electron chi connectivity index (χ1n) is 3.60. The highest BCUT2D eigenvalue weighted by atomic mass is 15.0. The molecule has 1 heterocycles. The minimum absolute atomic E-state index is 0.682. The van der Waals surface area contributed by atoms with Gasteiger partial charge in [0.25, 0.3) is 0 Å². The molecule has 0 amide bonds. The number of nitrogens with zero attached hydrogens (tertiary/aromatic N) is 2. The zero-order valence-electron chi connectivity index (χ0n) is 6.76. The summed E-state index contributed by atoms with van der Waals surface area (Å²) in [4.78, 5) is 4.01. The average Bonchev–Trinajstić information content (AvgIpc) is 2.15. The Hall–Kier alpha value is -0.790. The van der Waals surface area contributed by atoms with Gasteiger partial charge in [0.2, 0.25) is 0 Å². The second-order valence-corrected chi connectivity index (χ2v) is 2.96.